The van der Waals surface area contributed by atoms with Crippen LogP contribution in [-0.4, -0.2) is 49.6 Å². The molecule has 1 heterocycles. The van der Waals surface area contributed by atoms with E-state index in [1.807, 2.05) is 30.3 Å². The summed E-state index contributed by atoms with van der Waals surface area (Å²) in [5, 5.41) is 7.40. The first-order valence-electron chi connectivity index (χ1n) is 11.5. The number of aromatic nitrogens is 2. The van der Waals surface area contributed by atoms with Crippen molar-refractivity contribution in [2.45, 2.75) is 6.92 Å². The van der Waals surface area contributed by atoms with E-state index in [2.05, 4.69) is 10.4 Å². The maximum Gasteiger partial charge on any atom is 0.358 e. The predicted octanol–water partition coefficient (Wildman–Crippen LogP) is 4.99. The van der Waals surface area contributed by atoms with Gasteiger partial charge < -0.3 is 24.3 Å². The highest BCUT2D eigenvalue weighted by Crippen LogP contribution is 2.31. The van der Waals surface area contributed by atoms with E-state index in [9.17, 15) is 9.59 Å². The molecule has 0 saturated heterocycles. The van der Waals surface area contributed by atoms with Crippen molar-refractivity contribution in [3.8, 4) is 34.2 Å². The topological polar surface area (TPSA) is 101 Å². The zero-order valence-corrected chi connectivity index (χ0v) is 21.0. The van der Waals surface area contributed by atoms with Crippen molar-refractivity contribution in [3.05, 3.63) is 84.1 Å². The van der Waals surface area contributed by atoms with Gasteiger partial charge in [-0.25, -0.2) is 9.48 Å². The number of methoxy groups -OCH3 is 3. The minimum Gasteiger partial charge on any atom is -0.497 e. The number of anilines is 1. The second-order valence-corrected chi connectivity index (χ2v) is 7.82. The number of amides is 1. The van der Waals surface area contributed by atoms with Crippen LogP contribution >= 0.6 is 0 Å². The second kappa shape index (κ2) is 11.3. The van der Waals surface area contributed by atoms with Crippen LogP contribution in [-0.2, 0) is 4.74 Å². The SMILES string of the molecule is CCOC(=O)c1cc(-c2cccc(NC(=O)c3c(OC)cccc3OC)c2)n(-c2ccc(OC)cc2)n1. The van der Waals surface area contributed by atoms with Crippen LogP contribution < -0.4 is 19.5 Å². The number of ether oxygens (including phenoxy) is 4. The molecule has 0 aliphatic rings. The Morgan fingerprint density at radius 1 is 0.865 bits per heavy atom. The molecular formula is C28H27N3O6. The van der Waals surface area contributed by atoms with Gasteiger partial charge in [0.1, 0.15) is 22.8 Å². The molecule has 0 aliphatic carbocycles. The summed E-state index contributed by atoms with van der Waals surface area (Å²) in [5.41, 5.74) is 3.07. The molecule has 0 aliphatic heterocycles. The van der Waals surface area contributed by atoms with Gasteiger partial charge in [-0.3, -0.25) is 4.79 Å². The first-order chi connectivity index (χ1) is 18.0. The molecule has 0 atom stereocenters. The van der Waals surface area contributed by atoms with Gasteiger partial charge in [0.25, 0.3) is 5.91 Å². The molecule has 190 valence electrons. The van der Waals surface area contributed by atoms with E-state index < -0.39 is 5.97 Å². The molecule has 9 heteroatoms. The average molecular weight is 502 g/mol. The Balaban J connectivity index is 1.72. The molecule has 0 radical (unpaired) electrons. The Hall–Kier alpha value is -4.79. The van der Waals surface area contributed by atoms with Crippen molar-refractivity contribution in [1.82, 2.24) is 9.78 Å². The highest BCUT2D eigenvalue weighted by Gasteiger charge is 2.20. The molecule has 1 N–H and O–H groups in total. The first kappa shape index (κ1) is 25.3. The molecule has 4 rings (SSSR count). The lowest BCUT2D eigenvalue weighted by Gasteiger charge is -2.14. The Morgan fingerprint density at radius 3 is 2.16 bits per heavy atom. The van der Waals surface area contributed by atoms with Gasteiger partial charge in [0, 0.05) is 11.3 Å². The smallest absolute Gasteiger partial charge is 0.358 e. The summed E-state index contributed by atoms with van der Waals surface area (Å²) in [6, 6.07) is 21.3. The van der Waals surface area contributed by atoms with Crippen LogP contribution in [0, 0.1) is 0 Å². The standard InChI is InChI=1S/C28H27N3O6/c1-5-37-28(33)22-17-23(31(30-22)20-12-14-21(34-2)15-13-20)18-8-6-9-19(16-18)29-27(32)26-24(35-3)10-7-11-25(26)36-4/h6-17H,5H2,1-4H3,(H,29,32). The normalized spacial score (nSPS) is 10.5. The summed E-state index contributed by atoms with van der Waals surface area (Å²) in [7, 11) is 4.58. The summed E-state index contributed by atoms with van der Waals surface area (Å²) in [6.07, 6.45) is 0. The number of hydrogen-bond donors (Lipinski definition) is 1. The quantitative estimate of drug-likeness (QED) is 0.322. The van der Waals surface area contributed by atoms with Crippen LogP contribution in [0.15, 0.2) is 72.8 Å². The average Bonchev–Trinajstić information content (AvgIpc) is 3.38. The van der Waals surface area contributed by atoms with Gasteiger partial charge in [-0.15, -0.1) is 0 Å². The molecule has 0 spiro atoms. The lowest BCUT2D eigenvalue weighted by Crippen LogP contribution is -2.14. The van der Waals surface area contributed by atoms with E-state index in [0.29, 0.717) is 28.6 Å². The van der Waals surface area contributed by atoms with E-state index in [4.69, 9.17) is 18.9 Å². The Kier molecular flexibility index (Phi) is 7.73. The van der Waals surface area contributed by atoms with E-state index >= 15 is 0 Å². The van der Waals surface area contributed by atoms with Gasteiger partial charge >= 0.3 is 5.97 Å². The van der Waals surface area contributed by atoms with Crippen molar-refractivity contribution in [2.75, 3.05) is 33.3 Å². The lowest BCUT2D eigenvalue weighted by atomic mass is 10.1. The van der Waals surface area contributed by atoms with Crippen molar-refractivity contribution < 1.29 is 28.5 Å². The number of nitrogens with zero attached hydrogens (tertiary/aromatic N) is 2. The van der Waals surface area contributed by atoms with Crippen LogP contribution in [0.2, 0.25) is 0 Å². The molecule has 0 bridgehead atoms. The molecule has 1 amide bonds. The molecule has 37 heavy (non-hydrogen) atoms. The Bertz CT molecular complexity index is 1390. The number of hydrogen-bond acceptors (Lipinski definition) is 7. The van der Waals surface area contributed by atoms with Crippen LogP contribution in [0.4, 0.5) is 5.69 Å². The van der Waals surface area contributed by atoms with Gasteiger partial charge in [0.15, 0.2) is 5.69 Å². The third-order valence-electron chi connectivity index (χ3n) is 5.58. The number of carbonyl (C=O) groups is 2. The highest BCUT2D eigenvalue weighted by atomic mass is 16.5. The minimum atomic E-state index is -0.524. The number of esters is 1. The summed E-state index contributed by atoms with van der Waals surface area (Å²) in [5.74, 6) is 0.569. The lowest BCUT2D eigenvalue weighted by molar-refractivity contribution is 0.0518. The molecule has 1 aromatic heterocycles. The number of carbonyl (C=O) groups excluding carboxylic acids is 2. The highest BCUT2D eigenvalue weighted by molar-refractivity contribution is 6.08. The van der Waals surface area contributed by atoms with Gasteiger partial charge in [-0.05, 0) is 61.5 Å². The van der Waals surface area contributed by atoms with E-state index in [1.165, 1.54) is 14.2 Å². The molecule has 0 unspecified atom stereocenters. The monoisotopic (exact) mass is 501 g/mol. The van der Waals surface area contributed by atoms with Gasteiger partial charge in [-0.1, -0.05) is 18.2 Å². The largest absolute Gasteiger partial charge is 0.497 e. The van der Waals surface area contributed by atoms with Crippen molar-refractivity contribution in [2.24, 2.45) is 0 Å². The number of nitrogens with one attached hydrogen (secondary N) is 1. The van der Waals surface area contributed by atoms with Gasteiger partial charge in [-0.2, -0.15) is 5.10 Å². The minimum absolute atomic E-state index is 0.167. The Morgan fingerprint density at radius 2 is 1.54 bits per heavy atom. The summed E-state index contributed by atoms with van der Waals surface area (Å²) < 4.78 is 22.8. The maximum absolute atomic E-state index is 13.2. The second-order valence-electron chi connectivity index (χ2n) is 7.82. The molecule has 4 aromatic rings. The maximum atomic E-state index is 13.2. The van der Waals surface area contributed by atoms with Crippen molar-refractivity contribution >= 4 is 17.6 Å². The van der Waals surface area contributed by atoms with Gasteiger partial charge in [0.2, 0.25) is 0 Å². The van der Waals surface area contributed by atoms with Gasteiger partial charge in [0.05, 0.1) is 39.3 Å². The molecule has 0 fully saturated rings. The van der Waals surface area contributed by atoms with Crippen LogP contribution in [0.1, 0.15) is 27.8 Å². The fourth-order valence-electron chi connectivity index (χ4n) is 3.84. The molecular weight excluding hydrogens is 474 g/mol. The first-order valence-corrected chi connectivity index (χ1v) is 11.5. The third-order valence-corrected chi connectivity index (χ3v) is 5.58. The van der Waals surface area contributed by atoms with Crippen LogP contribution in [0.25, 0.3) is 16.9 Å². The van der Waals surface area contributed by atoms with Crippen molar-refractivity contribution in [1.29, 1.82) is 0 Å². The van der Waals surface area contributed by atoms with E-state index in [-0.39, 0.29) is 23.8 Å². The third kappa shape index (κ3) is 5.40. The Labute approximate surface area is 214 Å². The molecule has 9 nitrogen and oxygen atoms in total. The summed E-state index contributed by atoms with van der Waals surface area (Å²) in [6.45, 7) is 1.97. The summed E-state index contributed by atoms with van der Waals surface area (Å²) in [4.78, 5) is 25.6. The van der Waals surface area contributed by atoms with Crippen molar-refractivity contribution in [3.63, 3.8) is 0 Å². The van der Waals surface area contributed by atoms with Crippen LogP contribution in [0.3, 0.4) is 0 Å². The fraction of sp³-hybridized carbons (Fsp3) is 0.179. The summed E-state index contributed by atoms with van der Waals surface area (Å²) >= 11 is 0. The van der Waals surface area contributed by atoms with E-state index in [0.717, 1.165) is 11.3 Å². The predicted molar refractivity (Wildman–Crippen MR) is 139 cm³/mol. The number of benzene rings is 3. The number of rotatable bonds is 9. The zero-order chi connectivity index (χ0) is 26.4. The molecule has 0 saturated carbocycles. The van der Waals surface area contributed by atoms with E-state index in [1.54, 1.807) is 61.2 Å². The van der Waals surface area contributed by atoms with Crippen LogP contribution in [0.5, 0.6) is 17.2 Å². The zero-order valence-electron chi connectivity index (χ0n) is 21.0. The fourth-order valence-corrected chi connectivity index (χ4v) is 3.84. The molecule has 3 aromatic carbocycles.